The zero-order valence-corrected chi connectivity index (χ0v) is 21.6. The Labute approximate surface area is 216 Å². The van der Waals surface area contributed by atoms with Crippen LogP contribution in [-0.2, 0) is 9.53 Å². The first-order valence-corrected chi connectivity index (χ1v) is 12.3. The molecule has 1 saturated heterocycles. The van der Waals surface area contributed by atoms with Crippen molar-refractivity contribution in [3.05, 3.63) is 65.1 Å². The second-order valence-electron chi connectivity index (χ2n) is 8.84. The van der Waals surface area contributed by atoms with E-state index < -0.39 is 12.0 Å². The number of hydrogen-bond donors (Lipinski definition) is 1. The molecule has 4 rings (SSSR count). The van der Waals surface area contributed by atoms with Crippen LogP contribution in [0, 0.1) is 5.82 Å². The van der Waals surface area contributed by atoms with Crippen molar-refractivity contribution < 1.29 is 28.2 Å². The zero-order chi connectivity index (χ0) is 26.5. The first-order chi connectivity index (χ1) is 17.9. The van der Waals surface area contributed by atoms with E-state index >= 15 is 0 Å². The summed E-state index contributed by atoms with van der Waals surface area (Å²) in [4.78, 5) is 32.0. The standard InChI is InChI=1S/C27H33FN4O5/c1-5-37-26(33)24-22(17-31-12-14-32(15-13-31)21-9-7-6-8-20(21)28)30(2)27(34)29-25(24)19-11-10-18(35-3)16-23(19)36-4/h6-11,16,25H,5,12-15,17H2,1-4H3,(H,29,34). The van der Waals surface area contributed by atoms with Crippen LogP contribution < -0.4 is 19.7 Å². The highest BCUT2D eigenvalue weighted by Gasteiger charge is 2.39. The highest BCUT2D eigenvalue weighted by molar-refractivity contribution is 5.95. The van der Waals surface area contributed by atoms with E-state index in [0.717, 1.165) is 0 Å². The molecule has 37 heavy (non-hydrogen) atoms. The zero-order valence-electron chi connectivity index (χ0n) is 21.6. The highest BCUT2D eigenvalue weighted by Crippen LogP contribution is 2.37. The van der Waals surface area contributed by atoms with E-state index in [9.17, 15) is 14.0 Å². The number of halogens is 1. The molecule has 1 fully saturated rings. The molecule has 2 aromatic carbocycles. The molecule has 10 heteroatoms. The molecular formula is C27H33FN4O5. The van der Waals surface area contributed by atoms with Gasteiger partial charge in [-0.15, -0.1) is 0 Å². The number of carbonyl (C=O) groups is 2. The molecule has 0 saturated carbocycles. The summed E-state index contributed by atoms with van der Waals surface area (Å²) in [5.41, 5.74) is 2.11. The number of amides is 2. The fourth-order valence-electron chi connectivity index (χ4n) is 4.76. The molecule has 2 heterocycles. The van der Waals surface area contributed by atoms with E-state index in [1.165, 1.54) is 18.1 Å². The first-order valence-electron chi connectivity index (χ1n) is 12.3. The monoisotopic (exact) mass is 512 g/mol. The van der Waals surface area contributed by atoms with Gasteiger partial charge in [-0.2, -0.15) is 0 Å². The van der Waals surface area contributed by atoms with Crippen molar-refractivity contribution in [3.8, 4) is 11.5 Å². The smallest absolute Gasteiger partial charge is 0.338 e. The average molecular weight is 513 g/mol. The molecule has 0 aliphatic carbocycles. The normalized spacial score (nSPS) is 18.5. The second kappa shape index (κ2) is 11.5. The molecule has 2 aliphatic heterocycles. The summed E-state index contributed by atoms with van der Waals surface area (Å²) < 4.78 is 30.6. The van der Waals surface area contributed by atoms with Gasteiger partial charge in [0, 0.05) is 57.1 Å². The van der Waals surface area contributed by atoms with Crippen LogP contribution in [-0.4, -0.2) is 82.4 Å². The second-order valence-corrected chi connectivity index (χ2v) is 8.84. The Morgan fingerprint density at radius 3 is 2.46 bits per heavy atom. The van der Waals surface area contributed by atoms with Gasteiger partial charge < -0.3 is 24.4 Å². The van der Waals surface area contributed by atoms with Crippen molar-refractivity contribution in [1.82, 2.24) is 15.1 Å². The van der Waals surface area contributed by atoms with E-state index in [1.54, 1.807) is 51.4 Å². The Bertz CT molecular complexity index is 1180. The Morgan fingerprint density at radius 1 is 1.08 bits per heavy atom. The molecule has 2 aliphatic rings. The Morgan fingerprint density at radius 2 is 1.81 bits per heavy atom. The number of nitrogens with one attached hydrogen (secondary N) is 1. The predicted molar refractivity (Wildman–Crippen MR) is 137 cm³/mol. The topological polar surface area (TPSA) is 83.6 Å². The minimum atomic E-state index is -0.765. The fourth-order valence-corrected chi connectivity index (χ4v) is 4.76. The van der Waals surface area contributed by atoms with Crippen molar-refractivity contribution >= 4 is 17.7 Å². The van der Waals surface area contributed by atoms with E-state index in [1.807, 2.05) is 11.0 Å². The van der Waals surface area contributed by atoms with E-state index in [2.05, 4.69) is 10.2 Å². The minimum Gasteiger partial charge on any atom is -0.497 e. The number of esters is 1. The third-order valence-electron chi connectivity index (χ3n) is 6.76. The molecule has 9 nitrogen and oxygen atoms in total. The quantitative estimate of drug-likeness (QED) is 0.544. The Balaban J connectivity index is 1.65. The lowest BCUT2D eigenvalue weighted by Gasteiger charge is -2.40. The van der Waals surface area contributed by atoms with Crippen molar-refractivity contribution in [2.75, 3.05) is 65.5 Å². The molecule has 2 amide bonds. The van der Waals surface area contributed by atoms with Gasteiger partial charge in [0.05, 0.1) is 38.1 Å². The van der Waals surface area contributed by atoms with Gasteiger partial charge in [-0.25, -0.2) is 14.0 Å². The number of ether oxygens (including phenoxy) is 3. The lowest BCUT2D eigenvalue weighted by Crippen LogP contribution is -2.52. The number of benzene rings is 2. The van der Waals surface area contributed by atoms with Crippen LogP contribution in [0.5, 0.6) is 11.5 Å². The lowest BCUT2D eigenvalue weighted by molar-refractivity contribution is -0.139. The number of carbonyl (C=O) groups excluding carboxylic acids is 2. The van der Waals surface area contributed by atoms with Crippen molar-refractivity contribution in [2.45, 2.75) is 13.0 Å². The number of likely N-dealkylation sites (N-methyl/N-ethyl adjacent to an activating group) is 1. The third-order valence-corrected chi connectivity index (χ3v) is 6.76. The van der Waals surface area contributed by atoms with E-state index in [4.69, 9.17) is 14.2 Å². The number of rotatable bonds is 8. The van der Waals surface area contributed by atoms with Crippen LogP contribution in [0.1, 0.15) is 18.5 Å². The van der Waals surface area contributed by atoms with Crippen molar-refractivity contribution in [2.24, 2.45) is 0 Å². The number of nitrogens with zero attached hydrogens (tertiary/aromatic N) is 3. The van der Waals surface area contributed by atoms with Gasteiger partial charge in [0.1, 0.15) is 17.3 Å². The predicted octanol–water partition coefficient (Wildman–Crippen LogP) is 3.18. The number of para-hydroxylation sites is 1. The summed E-state index contributed by atoms with van der Waals surface area (Å²) in [6.45, 7) is 4.82. The fraction of sp³-hybridized carbons (Fsp3) is 0.407. The highest BCUT2D eigenvalue weighted by atomic mass is 19.1. The van der Waals surface area contributed by atoms with E-state index in [-0.39, 0.29) is 18.5 Å². The number of methoxy groups -OCH3 is 2. The molecule has 1 unspecified atom stereocenters. The van der Waals surface area contributed by atoms with Gasteiger partial charge in [0.2, 0.25) is 0 Å². The van der Waals surface area contributed by atoms with E-state index in [0.29, 0.717) is 66.7 Å². The molecule has 0 bridgehead atoms. The van der Waals surface area contributed by atoms with Crippen LogP contribution in [0.15, 0.2) is 53.7 Å². The van der Waals surface area contributed by atoms with Gasteiger partial charge in [-0.1, -0.05) is 12.1 Å². The van der Waals surface area contributed by atoms with Crippen LogP contribution in [0.3, 0.4) is 0 Å². The molecule has 198 valence electrons. The SMILES string of the molecule is CCOC(=O)C1=C(CN2CCN(c3ccccc3F)CC2)N(C)C(=O)NC1c1ccc(OC)cc1OC. The van der Waals surface area contributed by atoms with Gasteiger partial charge >= 0.3 is 12.0 Å². The van der Waals surface area contributed by atoms with Crippen LogP contribution in [0.4, 0.5) is 14.9 Å². The molecule has 1 N–H and O–H groups in total. The Kier molecular flexibility index (Phi) is 8.17. The van der Waals surface area contributed by atoms with Crippen LogP contribution in [0.2, 0.25) is 0 Å². The molecule has 0 spiro atoms. The maximum atomic E-state index is 14.3. The lowest BCUT2D eigenvalue weighted by atomic mass is 9.93. The summed E-state index contributed by atoms with van der Waals surface area (Å²) in [5.74, 6) is 0.323. The number of hydrogen-bond acceptors (Lipinski definition) is 7. The van der Waals surface area contributed by atoms with Crippen LogP contribution in [0.25, 0.3) is 0 Å². The third kappa shape index (κ3) is 5.48. The number of piperazine rings is 1. The minimum absolute atomic E-state index is 0.195. The maximum absolute atomic E-state index is 14.3. The van der Waals surface area contributed by atoms with Crippen molar-refractivity contribution in [3.63, 3.8) is 0 Å². The average Bonchev–Trinajstić information content (AvgIpc) is 2.91. The largest absolute Gasteiger partial charge is 0.497 e. The summed E-state index contributed by atoms with van der Waals surface area (Å²) >= 11 is 0. The molecule has 1 atom stereocenters. The van der Waals surface area contributed by atoms with Gasteiger partial charge in [0.25, 0.3) is 0 Å². The Hall–Kier alpha value is -3.79. The summed E-state index contributed by atoms with van der Waals surface area (Å²) in [6.07, 6.45) is 0. The summed E-state index contributed by atoms with van der Waals surface area (Å²) in [6, 6.07) is 10.9. The molecule has 0 aromatic heterocycles. The first kappa shape index (κ1) is 26.3. The molecular weight excluding hydrogens is 479 g/mol. The summed E-state index contributed by atoms with van der Waals surface area (Å²) in [5, 5.41) is 2.93. The van der Waals surface area contributed by atoms with Gasteiger partial charge in [-0.05, 0) is 31.2 Å². The van der Waals surface area contributed by atoms with Crippen LogP contribution >= 0.6 is 0 Å². The molecule has 2 aromatic rings. The molecule has 0 radical (unpaired) electrons. The number of anilines is 1. The van der Waals surface area contributed by atoms with Gasteiger partial charge in [-0.3, -0.25) is 9.80 Å². The van der Waals surface area contributed by atoms with Crippen molar-refractivity contribution in [1.29, 1.82) is 0 Å². The summed E-state index contributed by atoms with van der Waals surface area (Å²) in [7, 11) is 4.72. The van der Waals surface area contributed by atoms with Gasteiger partial charge in [0.15, 0.2) is 0 Å². The number of urea groups is 1. The maximum Gasteiger partial charge on any atom is 0.338 e.